The molecule has 0 aliphatic heterocycles. The summed E-state index contributed by atoms with van der Waals surface area (Å²) >= 11 is -0.826. The van der Waals surface area contributed by atoms with E-state index in [2.05, 4.69) is 13.8 Å². The minimum absolute atomic E-state index is 0. The van der Waals surface area contributed by atoms with E-state index >= 15 is 0 Å². The fourth-order valence-corrected chi connectivity index (χ4v) is 3.48. The van der Waals surface area contributed by atoms with Crippen molar-refractivity contribution in [3.63, 3.8) is 0 Å². The monoisotopic (exact) mass is 636 g/mol. The van der Waals surface area contributed by atoms with Crippen molar-refractivity contribution < 1.29 is 63.0 Å². The Bertz CT molecular complexity index is 589. The van der Waals surface area contributed by atoms with Crippen molar-refractivity contribution in [2.45, 2.75) is 90.7 Å². The summed E-state index contributed by atoms with van der Waals surface area (Å²) in [5.74, 6) is -1.61. The van der Waals surface area contributed by atoms with Crippen LogP contribution in [0.4, 0.5) is 0 Å². The Balaban J connectivity index is -0.000000793. The second-order valence-electron chi connectivity index (χ2n) is 7.43. The van der Waals surface area contributed by atoms with Gasteiger partial charge in [-0.25, -0.2) is 0 Å². The molecule has 12 heteroatoms. The maximum absolute atomic E-state index is 12.2. The van der Waals surface area contributed by atoms with Gasteiger partial charge in [0.1, 0.15) is 0 Å². The van der Waals surface area contributed by atoms with Gasteiger partial charge >= 0.3 is 78.2 Å². The Hall–Kier alpha value is 1.23. The van der Waals surface area contributed by atoms with Crippen molar-refractivity contribution in [1.29, 1.82) is 0 Å². The summed E-state index contributed by atoms with van der Waals surface area (Å²) in [5.41, 5.74) is 0. The molecular weight excluding hydrogens is 597 g/mol. The molecule has 3 unspecified atom stereocenters. The van der Waals surface area contributed by atoms with Crippen LogP contribution in [0.2, 0.25) is 0 Å². The molecule has 32 heavy (non-hydrogen) atoms. The first-order valence-electron chi connectivity index (χ1n) is 10.9. The van der Waals surface area contributed by atoms with E-state index in [4.69, 9.17) is 27.3 Å². The van der Waals surface area contributed by atoms with Crippen LogP contribution in [0, 0.1) is 11.8 Å². The van der Waals surface area contributed by atoms with Crippen molar-refractivity contribution in [2.75, 3.05) is 13.2 Å². The van der Waals surface area contributed by atoms with E-state index in [0.717, 1.165) is 51.4 Å². The molecule has 0 aliphatic rings. The first-order valence-corrected chi connectivity index (χ1v) is 19.6. The maximum Gasteiger partial charge on any atom is 1.00 e. The van der Waals surface area contributed by atoms with Gasteiger partial charge in [0.25, 0.3) is 10.1 Å². The van der Waals surface area contributed by atoms with Crippen molar-refractivity contribution in [2.24, 2.45) is 11.8 Å². The standard InChI is InChI=1S/C20H38O7S.2ClH.Na.Sn.H/c1-5-9-11-16(7-3)14-26-19(21)13-18(28(23,24)25)20(22)27-15-17(8-4)12-10-6-2;;;;;/h16-18H,5-15H2,1-4H3,(H,23,24,25);2*1H;;;/q;;;+1;+2;-1/p-2. The molecule has 0 bridgehead atoms. The Morgan fingerprint density at radius 3 is 1.69 bits per heavy atom. The number of carbonyl (C=O) groups excluding carboxylic acids is 2. The van der Waals surface area contributed by atoms with Gasteiger partial charge < -0.3 is 10.9 Å². The van der Waals surface area contributed by atoms with E-state index in [1.54, 1.807) is 0 Å². The predicted octanol–water partition coefficient (Wildman–Crippen LogP) is 2.27. The number of halogens is 2. The smallest absolute Gasteiger partial charge is 1.00 e. The zero-order chi connectivity index (χ0) is 24.3. The van der Waals surface area contributed by atoms with Gasteiger partial charge in [0.15, 0.2) is 5.25 Å². The third-order valence-electron chi connectivity index (χ3n) is 5.00. The molecule has 0 aromatic rings. The van der Waals surface area contributed by atoms with Crippen LogP contribution in [0.1, 0.15) is 86.9 Å². The number of hydrogen-bond acceptors (Lipinski definition) is 6. The van der Waals surface area contributed by atoms with Crippen molar-refractivity contribution in [1.82, 2.24) is 0 Å². The minimum Gasteiger partial charge on any atom is -1.00 e. The molecule has 7 nitrogen and oxygen atoms in total. The van der Waals surface area contributed by atoms with Gasteiger partial charge in [-0.3, -0.25) is 14.1 Å². The molecule has 186 valence electrons. The zero-order valence-corrected chi connectivity index (χ0v) is 27.3. The first-order chi connectivity index (χ1) is 14.6. The Kier molecular flexibility index (Phi) is 28.3. The van der Waals surface area contributed by atoms with Gasteiger partial charge in [-0.1, -0.05) is 66.2 Å². The van der Waals surface area contributed by atoms with Crippen LogP contribution < -0.4 is 29.6 Å². The van der Waals surface area contributed by atoms with Crippen LogP contribution in [0.3, 0.4) is 0 Å². The van der Waals surface area contributed by atoms with E-state index in [9.17, 15) is 22.6 Å². The van der Waals surface area contributed by atoms with Crippen LogP contribution >= 0.6 is 17.8 Å². The normalized spacial score (nSPS) is 13.6. The van der Waals surface area contributed by atoms with Crippen molar-refractivity contribution in [3.05, 3.63) is 0 Å². The van der Waals surface area contributed by atoms with Crippen molar-refractivity contribution >= 4 is 58.8 Å². The van der Waals surface area contributed by atoms with Crippen LogP contribution in [-0.4, -0.2) is 62.3 Å². The third-order valence-corrected chi connectivity index (χ3v) is 6.08. The number of hydrogen-bond donors (Lipinski definition) is 1. The van der Waals surface area contributed by atoms with Crippen LogP contribution in [0.15, 0.2) is 0 Å². The number of ether oxygens (including phenoxy) is 2. The third kappa shape index (κ3) is 20.6. The summed E-state index contributed by atoms with van der Waals surface area (Å²) in [6.07, 6.45) is 6.74. The van der Waals surface area contributed by atoms with Gasteiger partial charge in [0, 0.05) is 0 Å². The molecule has 0 heterocycles. The molecule has 0 spiro atoms. The van der Waals surface area contributed by atoms with Crippen LogP contribution in [0.25, 0.3) is 0 Å². The summed E-state index contributed by atoms with van der Waals surface area (Å²) < 4.78 is 42.8. The van der Waals surface area contributed by atoms with E-state index < -0.39 is 52.6 Å². The molecule has 0 aromatic heterocycles. The summed E-state index contributed by atoms with van der Waals surface area (Å²) in [5, 5.41) is -1.95. The number of carbonyl (C=O) groups is 2. The minimum atomic E-state index is -4.76. The molecule has 0 amide bonds. The van der Waals surface area contributed by atoms with Gasteiger partial charge in [0.2, 0.25) is 0 Å². The van der Waals surface area contributed by atoms with E-state index in [1.165, 1.54) is 0 Å². The quantitative estimate of drug-likeness (QED) is 0.158. The molecule has 0 aromatic carbocycles. The molecule has 0 saturated heterocycles. The topological polar surface area (TPSA) is 107 Å². The van der Waals surface area contributed by atoms with Gasteiger partial charge in [0.05, 0.1) is 19.6 Å². The zero-order valence-electron chi connectivity index (χ0n) is 21.1. The van der Waals surface area contributed by atoms with E-state index in [1.807, 2.05) is 13.8 Å². The van der Waals surface area contributed by atoms with Crippen molar-refractivity contribution in [3.8, 4) is 0 Å². The molecule has 0 saturated carbocycles. The van der Waals surface area contributed by atoms with Gasteiger partial charge in [-0.05, 0) is 24.7 Å². The molecular formula is C20H39Cl2NaO7SSn. The Morgan fingerprint density at radius 2 is 1.34 bits per heavy atom. The number of esters is 2. The summed E-state index contributed by atoms with van der Waals surface area (Å²) in [7, 11) is 5.10. The SMILES string of the molecule is CCCCC(CC)COC(=O)CC(C(=O)OCC(CC)CCCC)S(=O)(=O)O.[Cl][Sn][Cl].[H-].[Na+]. The maximum atomic E-state index is 12.2. The summed E-state index contributed by atoms with van der Waals surface area (Å²) in [4.78, 5) is 24.2. The summed E-state index contributed by atoms with van der Waals surface area (Å²) in [6.45, 7) is 8.35. The largest absolute Gasteiger partial charge is 1.00 e. The molecule has 1 N–H and O–H groups in total. The Morgan fingerprint density at radius 1 is 0.938 bits per heavy atom. The fraction of sp³-hybridized carbons (Fsp3) is 0.900. The Labute approximate surface area is 235 Å². The predicted molar refractivity (Wildman–Crippen MR) is 127 cm³/mol. The molecule has 0 aliphatic carbocycles. The second-order valence-corrected chi connectivity index (χ2v) is 13.3. The average molecular weight is 636 g/mol. The van der Waals surface area contributed by atoms with E-state index in [0.29, 0.717) is 0 Å². The van der Waals surface area contributed by atoms with Gasteiger partial charge in [-0.15, -0.1) is 0 Å². The molecule has 0 fully saturated rings. The molecule has 0 rings (SSSR count). The number of unbranched alkanes of at least 4 members (excludes halogenated alkanes) is 2. The van der Waals surface area contributed by atoms with E-state index in [-0.39, 0.29) is 56.0 Å². The molecule has 3 atom stereocenters. The van der Waals surface area contributed by atoms with Gasteiger partial charge in [-0.2, -0.15) is 8.42 Å². The first kappa shape index (κ1) is 37.8. The summed E-state index contributed by atoms with van der Waals surface area (Å²) in [6, 6.07) is 0. The fourth-order valence-electron chi connectivity index (χ4n) is 2.82. The second kappa shape index (κ2) is 23.9. The average Bonchev–Trinajstić information content (AvgIpc) is 2.71. The number of rotatable bonds is 16. The van der Waals surface area contributed by atoms with Crippen LogP contribution in [-0.2, 0) is 29.2 Å². The molecule has 2 radical (unpaired) electrons. The van der Waals surface area contributed by atoms with Crippen LogP contribution in [0.5, 0.6) is 0 Å².